The van der Waals surface area contributed by atoms with Crippen molar-refractivity contribution in [3.05, 3.63) is 67.4 Å². The monoisotopic (exact) mass is 454 g/mol. The highest BCUT2D eigenvalue weighted by atomic mass is 32.1. The van der Waals surface area contributed by atoms with Crippen molar-refractivity contribution < 1.29 is 0 Å². The van der Waals surface area contributed by atoms with E-state index in [9.17, 15) is 10.5 Å². The molecule has 32 heavy (non-hydrogen) atoms. The van der Waals surface area contributed by atoms with Crippen molar-refractivity contribution in [1.82, 2.24) is 0 Å². The van der Waals surface area contributed by atoms with Gasteiger partial charge in [0.1, 0.15) is 22.1 Å². The van der Waals surface area contributed by atoms with Gasteiger partial charge in [0.25, 0.3) is 0 Å². The Balaban J connectivity index is 1.33. The number of nitrogens with zero attached hydrogens (tertiary/aromatic N) is 4. The van der Waals surface area contributed by atoms with Crippen LogP contribution in [-0.2, 0) is 25.7 Å². The molecule has 158 valence electrons. The molecule has 0 spiro atoms. The molecule has 4 nitrogen and oxygen atoms in total. The zero-order chi connectivity index (χ0) is 21.9. The first-order chi connectivity index (χ1) is 15.8. The first-order valence-corrected chi connectivity index (χ1v) is 12.7. The zero-order valence-electron chi connectivity index (χ0n) is 17.7. The highest BCUT2D eigenvalue weighted by Crippen LogP contribution is 2.40. The van der Waals surface area contributed by atoms with E-state index in [0.29, 0.717) is 0 Å². The van der Waals surface area contributed by atoms with Crippen LogP contribution in [0.25, 0.3) is 0 Å². The molecule has 0 saturated carbocycles. The van der Waals surface area contributed by atoms with E-state index >= 15 is 0 Å². The standard InChI is InChI=1S/C26H22N4S2/c27-13-21-19-5-1-3-7-23(19)31-25(21)29-15-17-9-11-18(12-10-17)16-30-26-22(14-28)20-6-2-4-8-24(20)32-26/h9-12,15-16H,1-8H2. The van der Waals surface area contributed by atoms with Crippen molar-refractivity contribution >= 4 is 45.1 Å². The lowest BCUT2D eigenvalue weighted by molar-refractivity contribution is 0.696. The van der Waals surface area contributed by atoms with Gasteiger partial charge in [0.15, 0.2) is 0 Å². The third kappa shape index (κ3) is 4.05. The maximum absolute atomic E-state index is 9.59. The summed E-state index contributed by atoms with van der Waals surface area (Å²) in [5, 5.41) is 20.8. The van der Waals surface area contributed by atoms with E-state index in [4.69, 9.17) is 0 Å². The molecule has 0 atom stereocenters. The molecule has 0 bridgehead atoms. The molecule has 0 saturated heterocycles. The van der Waals surface area contributed by atoms with Crippen molar-refractivity contribution in [3.63, 3.8) is 0 Å². The van der Waals surface area contributed by atoms with E-state index in [1.54, 1.807) is 22.7 Å². The summed E-state index contributed by atoms with van der Waals surface area (Å²) in [4.78, 5) is 11.9. The van der Waals surface area contributed by atoms with E-state index in [0.717, 1.165) is 70.8 Å². The Morgan fingerprint density at radius 2 is 1.06 bits per heavy atom. The van der Waals surface area contributed by atoms with Crippen LogP contribution in [0.15, 0.2) is 34.3 Å². The summed E-state index contributed by atoms with van der Waals surface area (Å²) >= 11 is 3.33. The summed E-state index contributed by atoms with van der Waals surface area (Å²) < 4.78 is 0. The summed E-state index contributed by atoms with van der Waals surface area (Å²) in [5.74, 6) is 0. The van der Waals surface area contributed by atoms with Gasteiger partial charge in [0.05, 0.1) is 11.1 Å². The van der Waals surface area contributed by atoms with Crippen molar-refractivity contribution in [2.45, 2.75) is 51.4 Å². The van der Waals surface area contributed by atoms with Crippen LogP contribution in [0.2, 0.25) is 0 Å². The molecule has 6 heteroatoms. The van der Waals surface area contributed by atoms with Gasteiger partial charge in [0, 0.05) is 22.2 Å². The third-order valence-corrected chi connectivity index (χ3v) is 8.53. The number of aliphatic imine (C=N–C) groups is 2. The van der Waals surface area contributed by atoms with Crippen LogP contribution in [0.1, 0.15) is 68.8 Å². The van der Waals surface area contributed by atoms with Crippen LogP contribution in [-0.4, -0.2) is 12.4 Å². The lowest BCUT2D eigenvalue weighted by atomic mass is 9.96. The lowest BCUT2D eigenvalue weighted by Crippen LogP contribution is -1.99. The lowest BCUT2D eigenvalue weighted by Gasteiger charge is -2.09. The van der Waals surface area contributed by atoms with Gasteiger partial charge in [-0.15, -0.1) is 22.7 Å². The predicted molar refractivity (Wildman–Crippen MR) is 132 cm³/mol. The SMILES string of the molecule is N#Cc1c(N=Cc2ccc(C=Nc3sc4c(c3C#N)CCCC4)cc2)sc2c1CCCC2. The fourth-order valence-corrected chi connectivity index (χ4v) is 6.82. The Morgan fingerprint density at radius 3 is 1.47 bits per heavy atom. The van der Waals surface area contributed by atoms with Crippen molar-refractivity contribution in [3.8, 4) is 12.1 Å². The van der Waals surface area contributed by atoms with Crippen LogP contribution in [0.4, 0.5) is 10.0 Å². The Labute approximate surface area is 196 Å². The summed E-state index contributed by atoms with van der Waals surface area (Å²) in [6.45, 7) is 0. The molecule has 2 aliphatic rings. The first kappa shape index (κ1) is 20.8. The number of hydrogen-bond donors (Lipinski definition) is 0. The number of aryl methyl sites for hydroxylation is 2. The van der Waals surface area contributed by atoms with E-state index in [1.807, 2.05) is 36.7 Å². The smallest absolute Gasteiger partial charge is 0.134 e. The maximum atomic E-state index is 9.59. The molecule has 2 aromatic heterocycles. The first-order valence-electron chi connectivity index (χ1n) is 11.0. The molecule has 1 aromatic carbocycles. The Morgan fingerprint density at radius 1 is 0.656 bits per heavy atom. The summed E-state index contributed by atoms with van der Waals surface area (Å²) in [6.07, 6.45) is 12.5. The minimum atomic E-state index is 0.761. The molecule has 0 radical (unpaired) electrons. The molecular formula is C26H22N4S2. The quantitative estimate of drug-likeness (QED) is 0.406. The van der Waals surface area contributed by atoms with Crippen LogP contribution in [0.5, 0.6) is 0 Å². The summed E-state index contributed by atoms with van der Waals surface area (Å²) in [7, 11) is 0. The molecule has 0 fully saturated rings. The van der Waals surface area contributed by atoms with Gasteiger partial charge < -0.3 is 0 Å². The number of fused-ring (bicyclic) bond motifs is 2. The molecule has 2 aliphatic carbocycles. The van der Waals surface area contributed by atoms with Crippen molar-refractivity contribution in [2.24, 2.45) is 9.98 Å². The normalized spacial score (nSPS) is 15.4. The predicted octanol–water partition coefficient (Wildman–Crippen LogP) is 6.81. The van der Waals surface area contributed by atoms with Gasteiger partial charge in [-0.3, -0.25) is 0 Å². The number of benzene rings is 1. The van der Waals surface area contributed by atoms with E-state index in [2.05, 4.69) is 22.1 Å². The average molecular weight is 455 g/mol. The molecule has 0 N–H and O–H groups in total. The van der Waals surface area contributed by atoms with Gasteiger partial charge in [-0.2, -0.15) is 10.5 Å². The molecule has 0 aliphatic heterocycles. The van der Waals surface area contributed by atoms with Gasteiger partial charge in [0.2, 0.25) is 0 Å². The van der Waals surface area contributed by atoms with Crippen LogP contribution in [0, 0.1) is 22.7 Å². The Kier molecular flexibility index (Phi) is 5.99. The second-order valence-electron chi connectivity index (χ2n) is 8.19. The van der Waals surface area contributed by atoms with Gasteiger partial charge in [-0.05, 0) is 73.6 Å². The third-order valence-electron chi connectivity index (χ3n) is 6.13. The van der Waals surface area contributed by atoms with Gasteiger partial charge in [-0.1, -0.05) is 24.3 Å². The Hall–Kier alpha value is -3.06. The molecular weight excluding hydrogens is 432 g/mol. The van der Waals surface area contributed by atoms with E-state index < -0.39 is 0 Å². The summed E-state index contributed by atoms with van der Waals surface area (Å²) in [6, 6.07) is 12.8. The number of thiophene rings is 2. The van der Waals surface area contributed by atoms with Crippen molar-refractivity contribution in [1.29, 1.82) is 10.5 Å². The second kappa shape index (κ2) is 9.20. The number of rotatable bonds is 4. The number of nitriles is 2. The number of hydrogen-bond acceptors (Lipinski definition) is 6. The van der Waals surface area contributed by atoms with E-state index in [-0.39, 0.29) is 0 Å². The fourth-order valence-electron chi connectivity index (χ4n) is 4.45. The fraction of sp³-hybridized carbons (Fsp3) is 0.308. The molecule has 0 amide bonds. The Bertz CT molecular complexity index is 1190. The highest BCUT2D eigenvalue weighted by Gasteiger charge is 2.21. The van der Waals surface area contributed by atoms with Crippen LogP contribution in [0.3, 0.4) is 0 Å². The van der Waals surface area contributed by atoms with Crippen LogP contribution < -0.4 is 0 Å². The minimum Gasteiger partial charge on any atom is -0.244 e. The minimum absolute atomic E-state index is 0.761. The topological polar surface area (TPSA) is 72.3 Å². The van der Waals surface area contributed by atoms with Crippen LogP contribution >= 0.6 is 22.7 Å². The average Bonchev–Trinajstić information content (AvgIpc) is 3.39. The molecule has 5 rings (SSSR count). The molecule has 0 unspecified atom stereocenters. The van der Waals surface area contributed by atoms with Gasteiger partial charge >= 0.3 is 0 Å². The second-order valence-corrected chi connectivity index (χ2v) is 10.4. The maximum Gasteiger partial charge on any atom is 0.134 e. The zero-order valence-corrected chi connectivity index (χ0v) is 19.4. The molecule has 3 aromatic rings. The van der Waals surface area contributed by atoms with Gasteiger partial charge in [-0.25, -0.2) is 9.98 Å². The molecule has 2 heterocycles. The summed E-state index contributed by atoms with van der Waals surface area (Å²) in [5.41, 5.74) is 5.93. The van der Waals surface area contributed by atoms with Crippen molar-refractivity contribution in [2.75, 3.05) is 0 Å². The van der Waals surface area contributed by atoms with E-state index in [1.165, 1.54) is 33.7 Å². The highest BCUT2D eigenvalue weighted by molar-refractivity contribution is 7.16. The largest absolute Gasteiger partial charge is 0.244 e.